The van der Waals surface area contributed by atoms with E-state index in [2.05, 4.69) is 20.9 Å². The van der Waals surface area contributed by atoms with E-state index in [0.717, 1.165) is 17.7 Å². The van der Waals surface area contributed by atoms with Crippen molar-refractivity contribution in [3.8, 4) is 0 Å². The molecule has 7 nitrogen and oxygen atoms in total. The van der Waals surface area contributed by atoms with E-state index in [-0.39, 0.29) is 24.2 Å². The summed E-state index contributed by atoms with van der Waals surface area (Å²) >= 11 is 0. The van der Waals surface area contributed by atoms with Gasteiger partial charge in [-0.25, -0.2) is 9.38 Å². The SMILES string of the molecule is CCNC(=NCc1ccc(C(=O)N2CCNC(=O)C2)cc1)NCCc1cccc(F)c1. The van der Waals surface area contributed by atoms with E-state index in [1.807, 2.05) is 25.1 Å². The molecular formula is C23H28FN5O2. The zero-order chi connectivity index (χ0) is 22.1. The van der Waals surface area contributed by atoms with Crippen LogP contribution in [0, 0.1) is 5.82 Å². The van der Waals surface area contributed by atoms with Gasteiger partial charge >= 0.3 is 0 Å². The molecule has 0 aromatic heterocycles. The molecule has 0 bridgehead atoms. The monoisotopic (exact) mass is 425 g/mol. The molecule has 0 saturated carbocycles. The molecule has 2 amide bonds. The number of rotatable bonds is 7. The first-order valence-electron chi connectivity index (χ1n) is 10.5. The zero-order valence-corrected chi connectivity index (χ0v) is 17.7. The minimum absolute atomic E-state index is 0.0955. The number of hydrogen-bond acceptors (Lipinski definition) is 3. The molecular weight excluding hydrogens is 397 g/mol. The maximum atomic E-state index is 13.3. The second kappa shape index (κ2) is 11.1. The highest BCUT2D eigenvalue weighted by Crippen LogP contribution is 2.10. The van der Waals surface area contributed by atoms with E-state index < -0.39 is 0 Å². The summed E-state index contributed by atoms with van der Waals surface area (Å²) in [5, 5.41) is 9.16. The number of carbonyl (C=O) groups excluding carboxylic acids is 2. The first-order valence-corrected chi connectivity index (χ1v) is 10.5. The van der Waals surface area contributed by atoms with Crippen LogP contribution in [0.3, 0.4) is 0 Å². The fraction of sp³-hybridized carbons (Fsp3) is 0.348. The minimum atomic E-state index is -0.233. The van der Waals surface area contributed by atoms with Crippen molar-refractivity contribution in [2.45, 2.75) is 19.9 Å². The van der Waals surface area contributed by atoms with Crippen LogP contribution in [-0.4, -0.2) is 55.4 Å². The third-order valence-electron chi connectivity index (χ3n) is 4.89. The minimum Gasteiger partial charge on any atom is -0.357 e. The molecule has 2 aromatic carbocycles. The van der Waals surface area contributed by atoms with E-state index in [9.17, 15) is 14.0 Å². The Morgan fingerprint density at radius 1 is 1.16 bits per heavy atom. The number of aliphatic imine (C=N–C) groups is 1. The number of guanidine groups is 1. The van der Waals surface area contributed by atoms with Gasteiger partial charge in [-0.1, -0.05) is 24.3 Å². The Morgan fingerprint density at radius 2 is 1.97 bits per heavy atom. The Labute approximate surface area is 181 Å². The molecule has 0 atom stereocenters. The average molecular weight is 426 g/mol. The highest BCUT2D eigenvalue weighted by atomic mass is 19.1. The number of hydrogen-bond donors (Lipinski definition) is 3. The van der Waals surface area contributed by atoms with E-state index in [4.69, 9.17) is 0 Å². The molecule has 164 valence electrons. The molecule has 2 aromatic rings. The van der Waals surface area contributed by atoms with Gasteiger partial charge in [0.1, 0.15) is 5.82 Å². The Hall–Kier alpha value is -3.42. The highest BCUT2D eigenvalue weighted by Gasteiger charge is 2.22. The molecule has 1 aliphatic heterocycles. The summed E-state index contributed by atoms with van der Waals surface area (Å²) in [6.07, 6.45) is 0.688. The smallest absolute Gasteiger partial charge is 0.254 e. The van der Waals surface area contributed by atoms with Gasteiger partial charge in [-0.05, 0) is 48.7 Å². The van der Waals surface area contributed by atoms with Gasteiger partial charge in [0.15, 0.2) is 5.96 Å². The van der Waals surface area contributed by atoms with Crippen molar-refractivity contribution in [1.82, 2.24) is 20.9 Å². The molecule has 8 heteroatoms. The van der Waals surface area contributed by atoms with Crippen molar-refractivity contribution in [3.63, 3.8) is 0 Å². The second-order valence-electron chi connectivity index (χ2n) is 7.28. The van der Waals surface area contributed by atoms with Crippen molar-refractivity contribution >= 4 is 17.8 Å². The van der Waals surface area contributed by atoms with Gasteiger partial charge < -0.3 is 20.9 Å². The summed E-state index contributed by atoms with van der Waals surface area (Å²) in [5.74, 6) is 0.172. The van der Waals surface area contributed by atoms with Crippen molar-refractivity contribution in [3.05, 3.63) is 71.0 Å². The molecule has 3 N–H and O–H groups in total. The third kappa shape index (κ3) is 6.80. The van der Waals surface area contributed by atoms with Crippen molar-refractivity contribution < 1.29 is 14.0 Å². The van der Waals surface area contributed by atoms with Crippen LogP contribution in [0.4, 0.5) is 4.39 Å². The summed E-state index contributed by atoms with van der Waals surface area (Å²) in [6.45, 7) is 4.90. The number of nitrogens with one attached hydrogen (secondary N) is 3. The molecule has 1 heterocycles. The summed E-state index contributed by atoms with van der Waals surface area (Å²) in [4.78, 5) is 30.2. The van der Waals surface area contributed by atoms with Crippen molar-refractivity contribution in [2.75, 3.05) is 32.7 Å². The quantitative estimate of drug-likeness (QED) is 0.466. The second-order valence-corrected chi connectivity index (χ2v) is 7.28. The number of nitrogens with zero attached hydrogens (tertiary/aromatic N) is 2. The molecule has 1 fully saturated rings. The maximum Gasteiger partial charge on any atom is 0.254 e. The Balaban J connectivity index is 1.53. The van der Waals surface area contributed by atoms with Crippen LogP contribution in [-0.2, 0) is 17.8 Å². The third-order valence-corrected chi connectivity index (χ3v) is 4.89. The van der Waals surface area contributed by atoms with Crippen LogP contribution in [0.1, 0.15) is 28.4 Å². The number of carbonyl (C=O) groups is 2. The molecule has 0 radical (unpaired) electrons. The molecule has 0 unspecified atom stereocenters. The molecule has 1 aliphatic rings. The van der Waals surface area contributed by atoms with Gasteiger partial charge in [0.2, 0.25) is 5.91 Å². The van der Waals surface area contributed by atoms with Gasteiger partial charge in [-0.3, -0.25) is 9.59 Å². The lowest BCUT2D eigenvalue weighted by Gasteiger charge is -2.26. The predicted octanol–water partition coefficient (Wildman–Crippen LogP) is 1.70. The van der Waals surface area contributed by atoms with Crippen LogP contribution >= 0.6 is 0 Å². The predicted molar refractivity (Wildman–Crippen MR) is 118 cm³/mol. The first-order chi connectivity index (χ1) is 15.0. The van der Waals surface area contributed by atoms with Gasteiger partial charge in [0.25, 0.3) is 5.91 Å². The fourth-order valence-electron chi connectivity index (χ4n) is 3.28. The lowest BCUT2D eigenvalue weighted by Crippen LogP contribution is -2.49. The number of piperazine rings is 1. The summed E-state index contributed by atoms with van der Waals surface area (Å²) < 4.78 is 13.3. The summed E-state index contributed by atoms with van der Waals surface area (Å²) in [5.41, 5.74) is 2.45. The highest BCUT2D eigenvalue weighted by molar-refractivity contribution is 5.97. The van der Waals surface area contributed by atoms with Crippen LogP contribution in [0.2, 0.25) is 0 Å². The van der Waals surface area contributed by atoms with E-state index in [1.54, 1.807) is 23.1 Å². The molecule has 0 aliphatic carbocycles. The largest absolute Gasteiger partial charge is 0.357 e. The van der Waals surface area contributed by atoms with Gasteiger partial charge in [0, 0.05) is 31.7 Å². The zero-order valence-electron chi connectivity index (χ0n) is 17.7. The van der Waals surface area contributed by atoms with E-state index >= 15 is 0 Å². The van der Waals surface area contributed by atoms with Crippen LogP contribution in [0.25, 0.3) is 0 Å². The fourth-order valence-corrected chi connectivity index (χ4v) is 3.28. The van der Waals surface area contributed by atoms with E-state index in [0.29, 0.717) is 44.1 Å². The Morgan fingerprint density at radius 3 is 2.68 bits per heavy atom. The maximum absolute atomic E-state index is 13.3. The van der Waals surface area contributed by atoms with Gasteiger partial charge in [-0.15, -0.1) is 0 Å². The lowest BCUT2D eigenvalue weighted by molar-refractivity contribution is -0.123. The van der Waals surface area contributed by atoms with Crippen LogP contribution < -0.4 is 16.0 Å². The van der Waals surface area contributed by atoms with Crippen molar-refractivity contribution in [1.29, 1.82) is 0 Å². The molecule has 0 spiro atoms. The van der Waals surface area contributed by atoms with E-state index in [1.165, 1.54) is 12.1 Å². The van der Waals surface area contributed by atoms with Gasteiger partial charge in [-0.2, -0.15) is 0 Å². The average Bonchev–Trinajstić information content (AvgIpc) is 2.77. The Bertz CT molecular complexity index is 930. The van der Waals surface area contributed by atoms with Crippen LogP contribution in [0.5, 0.6) is 0 Å². The molecule has 31 heavy (non-hydrogen) atoms. The number of amides is 2. The topological polar surface area (TPSA) is 85.8 Å². The normalized spacial score (nSPS) is 14.2. The Kier molecular flexibility index (Phi) is 7.98. The first kappa shape index (κ1) is 22.3. The van der Waals surface area contributed by atoms with Crippen LogP contribution in [0.15, 0.2) is 53.5 Å². The summed E-state index contributed by atoms with van der Waals surface area (Å²) in [6, 6.07) is 13.9. The lowest BCUT2D eigenvalue weighted by atomic mass is 10.1. The summed E-state index contributed by atoms with van der Waals surface area (Å²) in [7, 11) is 0. The molecule has 1 saturated heterocycles. The standard InChI is InChI=1S/C23H28FN5O2/c1-2-25-23(27-11-10-17-4-3-5-20(24)14-17)28-15-18-6-8-19(9-7-18)22(31)29-13-12-26-21(30)16-29/h3-9,14H,2,10-13,15-16H2,1H3,(H,26,30)(H2,25,27,28). The number of benzene rings is 2. The van der Waals surface area contributed by atoms with Crippen molar-refractivity contribution in [2.24, 2.45) is 4.99 Å². The number of halogens is 1. The molecule has 3 rings (SSSR count). The van der Waals surface area contributed by atoms with Gasteiger partial charge in [0.05, 0.1) is 13.1 Å².